The summed E-state index contributed by atoms with van der Waals surface area (Å²) in [6.45, 7) is 3.59. The van der Waals surface area contributed by atoms with E-state index in [-0.39, 0.29) is 11.2 Å². The second-order valence-electron chi connectivity index (χ2n) is 3.59. The van der Waals surface area contributed by atoms with Crippen molar-refractivity contribution in [1.29, 1.82) is 5.26 Å². The molecule has 0 aliphatic carbocycles. The predicted octanol–water partition coefficient (Wildman–Crippen LogP) is 2.93. The van der Waals surface area contributed by atoms with Crippen LogP contribution >= 0.6 is 11.6 Å². The van der Waals surface area contributed by atoms with Crippen LogP contribution in [0.2, 0.25) is 5.02 Å². The Balaban J connectivity index is 3.03. The fourth-order valence-corrected chi connectivity index (χ4v) is 1.85. The van der Waals surface area contributed by atoms with E-state index < -0.39 is 0 Å². The zero-order valence-electron chi connectivity index (χ0n) is 8.80. The third kappa shape index (κ3) is 1.48. The topological polar surface area (TPSA) is 54.0 Å². The van der Waals surface area contributed by atoms with Crippen molar-refractivity contribution in [3.05, 3.63) is 44.3 Å². The molecule has 0 aliphatic heterocycles. The van der Waals surface area contributed by atoms with Gasteiger partial charge in [0.15, 0.2) is 5.43 Å². The molecule has 2 rings (SSSR count). The Morgan fingerprint density at radius 3 is 2.69 bits per heavy atom. The number of halogens is 1. The van der Waals surface area contributed by atoms with Gasteiger partial charge in [-0.25, -0.2) is 0 Å². The molecule has 16 heavy (non-hydrogen) atoms. The summed E-state index contributed by atoms with van der Waals surface area (Å²) in [6, 6.07) is 4.67. The standard InChI is InChI=1S/C12H8ClNO2/c1-6-3-10-11(7(2)12(6)13)9(15)4-8(5-14)16-10/h3-4H,1-2H3. The van der Waals surface area contributed by atoms with E-state index in [1.165, 1.54) is 6.07 Å². The van der Waals surface area contributed by atoms with Crippen LogP contribution in [0, 0.1) is 25.2 Å². The number of aryl methyl sites for hydroxylation is 2. The van der Waals surface area contributed by atoms with Gasteiger partial charge in [0.2, 0.25) is 5.76 Å². The van der Waals surface area contributed by atoms with E-state index in [1.807, 2.05) is 13.0 Å². The van der Waals surface area contributed by atoms with Crippen molar-refractivity contribution in [2.75, 3.05) is 0 Å². The summed E-state index contributed by atoms with van der Waals surface area (Å²) in [5, 5.41) is 9.71. The first kappa shape index (κ1) is 10.7. The second kappa shape index (κ2) is 3.66. The van der Waals surface area contributed by atoms with Gasteiger partial charge in [0.25, 0.3) is 0 Å². The molecule has 0 fully saturated rings. The molecule has 4 heteroatoms. The van der Waals surface area contributed by atoms with Gasteiger partial charge in [-0.2, -0.15) is 5.26 Å². The van der Waals surface area contributed by atoms with Gasteiger partial charge < -0.3 is 4.42 Å². The average Bonchev–Trinajstić information content (AvgIpc) is 2.25. The van der Waals surface area contributed by atoms with E-state index in [9.17, 15) is 4.79 Å². The Kier molecular flexibility index (Phi) is 2.45. The number of hydrogen-bond acceptors (Lipinski definition) is 3. The molecule has 3 nitrogen and oxygen atoms in total. The SMILES string of the molecule is Cc1cc2oc(C#N)cc(=O)c2c(C)c1Cl. The largest absolute Gasteiger partial charge is 0.445 e. The lowest BCUT2D eigenvalue weighted by atomic mass is 10.1. The van der Waals surface area contributed by atoms with Crippen LogP contribution in [-0.4, -0.2) is 0 Å². The lowest BCUT2D eigenvalue weighted by molar-refractivity contribution is 0.585. The highest BCUT2D eigenvalue weighted by Crippen LogP contribution is 2.27. The minimum Gasteiger partial charge on any atom is -0.445 e. The molecule has 0 N–H and O–H groups in total. The van der Waals surface area contributed by atoms with Crippen LogP contribution in [0.3, 0.4) is 0 Å². The normalized spacial score (nSPS) is 10.4. The maximum absolute atomic E-state index is 11.8. The molecular weight excluding hydrogens is 226 g/mol. The Morgan fingerprint density at radius 1 is 1.38 bits per heavy atom. The van der Waals surface area contributed by atoms with Crippen molar-refractivity contribution >= 4 is 22.6 Å². The quantitative estimate of drug-likeness (QED) is 0.703. The predicted molar refractivity (Wildman–Crippen MR) is 61.7 cm³/mol. The van der Waals surface area contributed by atoms with Crippen molar-refractivity contribution in [1.82, 2.24) is 0 Å². The summed E-state index contributed by atoms with van der Waals surface area (Å²) in [4.78, 5) is 11.8. The van der Waals surface area contributed by atoms with Crippen molar-refractivity contribution in [2.45, 2.75) is 13.8 Å². The van der Waals surface area contributed by atoms with Crippen LogP contribution in [-0.2, 0) is 0 Å². The van der Waals surface area contributed by atoms with Crippen LogP contribution in [0.5, 0.6) is 0 Å². The van der Waals surface area contributed by atoms with E-state index in [2.05, 4.69) is 0 Å². The molecule has 2 aromatic rings. The first-order valence-electron chi connectivity index (χ1n) is 4.68. The summed E-state index contributed by atoms with van der Waals surface area (Å²) in [6.07, 6.45) is 0. The van der Waals surface area contributed by atoms with Gasteiger partial charge >= 0.3 is 0 Å². The smallest absolute Gasteiger partial charge is 0.207 e. The molecule has 80 valence electrons. The molecule has 0 unspecified atom stereocenters. The van der Waals surface area contributed by atoms with Crippen LogP contribution in [0.15, 0.2) is 21.3 Å². The molecule has 0 saturated heterocycles. The molecule has 0 atom stereocenters. The van der Waals surface area contributed by atoms with Gasteiger partial charge in [0.1, 0.15) is 11.7 Å². The molecular formula is C12H8ClNO2. The van der Waals surface area contributed by atoms with Crippen molar-refractivity contribution in [3.8, 4) is 6.07 Å². The second-order valence-corrected chi connectivity index (χ2v) is 3.97. The summed E-state index contributed by atoms with van der Waals surface area (Å²) in [7, 11) is 0. The third-order valence-corrected chi connectivity index (χ3v) is 3.06. The Hall–Kier alpha value is -1.79. The van der Waals surface area contributed by atoms with E-state index in [0.29, 0.717) is 21.6 Å². The number of nitrogens with zero attached hydrogens (tertiary/aromatic N) is 1. The number of benzene rings is 1. The van der Waals surface area contributed by atoms with Crippen LogP contribution < -0.4 is 5.43 Å². The van der Waals surface area contributed by atoms with E-state index in [0.717, 1.165) is 5.56 Å². The Labute approximate surface area is 96.9 Å². The summed E-state index contributed by atoms with van der Waals surface area (Å²) < 4.78 is 5.29. The Morgan fingerprint density at radius 2 is 2.06 bits per heavy atom. The Bertz CT molecular complexity index is 680. The van der Waals surface area contributed by atoms with Gasteiger partial charge in [0.05, 0.1) is 5.39 Å². The molecule has 1 aromatic carbocycles. The number of nitriles is 1. The van der Waals surface area contributed by atoms with Crippen molar-refractivity contribution in [3.63, 3.8) is 0 Å². The lowest BCUT2D eigenvalue weighted by Crippen LogP contribution is -2.03. The van der Waals surface area contributed by atoms with Gasteiger partial charge in [-0.3, -0.25) is 4.79 Å². The first-order valence-corrected chi connectivity index (χ1v) is 5.06. The van der Waals surface area contributed by atoms with Gasteiger partial charge in [-0.05, 0) is 31.0 Å². The highest BCUT2D eigenvalue weighted by Gasteiger charge is 2.11. The average molecular weight is 234 g/mol. The van der Waals surface area contributed by atoms with Crippen molar-refractivity contribution in [2.24, 2.45) is 0 Å². The van der Waals surface area contributed by atoms with E-state index in [4.69, 9.17) is 21.3 Å². The molecule has 0 bridgehead atoms. The monoisotopic (exact) mass is 233 g/mol. The highest BCUT2D eigenvalue weighted by molar-refractivity contribution is 6.33. The maximum atomic E-state index is 11.8. The van der Waals surface area contributed by atoms with Crippen LogP contribution in [0.1, 0.15) is 16.9 Å². The van der Waals surface area contributed by atoms with Crippen LogP contribution in [0.25, 0.3) is 11.0 Å². The van der Waals surface area contributed by atoms with E-state index in [1.54, 1.807) is 13.0 Å². The minimum atomic E-state index is -0.239. The molecule has 0 spiro atoms. The summed E-state index contributed by atoms with van der Waals surface area (Å²) in [5.74, 6) is 0.0126. The van der Waals surface area contributed by atoms with Crippen molar-refractivity contribution < 1.29 is 4.42 Å². The summed E-state index contributed by atoms with van der Waals surface area (Å²) in [5.41, 5.74) is 1.68. The van der Waals surface area contributed by atoms with Gasteiger partial charge in [0, 0.05) is 11.1 Å². The molecule has 0 amide bonds. The van der Waals surface area contributed by atoms with Gasteiger partial charge in [-0.1, -0.05) is 11.6 Å². The zero-order chi connectivity index (χ0) is 11.9. The molecule has 0 saturated carbocycles. The lowest BCUT2D eigenvalue weighted by Gasteiger charge is -2.06. The fourth-order valence-electron chi connectivity index (χ4n) is 1.70. The fraction of sp³-hybridized carbons (Fsp3) is 0.167. The first-order chi connectivity index (χ1) is 7.54. The molecule has 0 aliphatic rings. The summed E-state index contributed by atoms with van der Waals surface area (Å²) >= 11 is 6.06. The molecule has 0 radical (unpaired) electrons. The third-order valence-electron chi connectivity index (χ3n) is 2.48. The maximum Gasteiger partial charge on any atom is 0.207 e. The number of fused-ring (bicyclic) bond motifs is 1. The number of rotatable bonds is 0. The van der Waals surface area contributed by atoms with E-state index >= 15 is 0 Å². The number of hydrogen-bond donors (Lipinski definition) is 0. The van der Waals surface area contributed by atoms with Gasteiger partial charge in [-0.15, -0.1) is 0 Å². The zero-order valence-corrected chi connectivity index (χ0v) is 9.55. The highest BCUT2D eigenvalue weighted by atomic mass is 35.5. The minimum absolute atomic E-state index is 0.0126. The van der Waals surface area contributed by atoms with Crippen LogP contribution in [0.4, 0.5) is 0 Å². The molecule has 1 heterocycles. The molecule has 1 aromatic heterocycles.